The van der Waals surface area contributed by atoms with Gasteiger partial charge < -0.3 is 14.7 Å². The Labute approximate surface area is 188 Å². The van der Waals surface area contributed by atoms with E-state index in [1.54, 1.807) is 0 Å². The van der Waals surface area contributed by atoms with E-state index in [-0.39, 0.29) is 29.9 Å². The molecule has 0 spiro atoms. The fourth-order valence-corrected chi connectivity index (χ4v) is 4.52. The molecule has 0 bridgehead atoms. The van der Waals surface area contributed by atoms with E-state index in [1.165, 1.54) is 12.7 Å². The number of amides is 1. The Morgan fingerprint density at radius 1 is 1.13 bits per heavy atom. The first-order chi connectivity index (χ1) is 15.0. The zero-order valence-electron chi connectivity index (χ0n) is 19.4. The Bertz CT molecular complexity index is 648. The van der Waals surface area contributed by atoms with Crippen molar-refractivity contribution in [3.05, 3.63) is 35.9 Å². The summed E-state index contributed by atoms with van der Waals surface area (Å²) in [6.45, 7) is 2.94. The van der Waals surface area contributed by atoms with Gasteiger partial charge in [-0.3, -0.25) is 9.59 Å². The van der Waals surface area contributed by atoms with Crippen LogP contribution in [0.4, 0.5) is 0 Å². The number of esters is 1. The van der Waals surface area contributed by atoms with Crippen molar-refractivity contribution in [3.63, 3.8) is 0 Å². The minimum Gasteiger partial charge on any atom is -0.469 e. The van der Waals surface area contributed by atoms with Crippen LogP contribution in [-0.2, 0) is 20.7 Å². The van der Waals surface area contributed by atoms with Crippen LogP contribution < -0.4 is 0 Å². The SMILES string of the molecule is COC(=O)CCCCCCN1C(=O)CC[C@@H]1CC[C@@H](O)[C@H](C)CCCc1ccccc1. The molecule has 1 saturated heterocycles. The normalized spacial score (nSPS) is 18.2. The molecule has 0 aromatic heterocycles. The molecule has 5 heteroatoms. The first kappa shape index (κ1) is 25.4. The van der Waals surface area contributed by atoms with Crippen molar-refractivity contribution in [2.45, 2.75) is 96.1 Å². The molecule has 0 unspecified atom stereocenters. The fourth-order valence-electron chi connectivity index (χ4n) is 4.52. The third kappa shape index (κ3) is 9.42. The molecule has 0 radical (unpaired) electrons. The molecule has 1 fully saturated rings. The standard InChI is InChI=1S/C26H41NO4/c1-21(11-10-14-22-12-6-5-7-13-22)24(28)18-16-23-17-19-25(29)27(23)20-9-4-3-8-15-26(30)31-2/h5-7,12-13,21,23-24,28H,3-4,8-11,14-20H2,1-2H3/t21-,23+,24-/m1/s1. The highest BCUT2D eigenvalue weighted by Crippen LogP contribution is 2.26. The molecule has 1 heterocycles. The minimum absolute atomic E-state index is 0.150. The second kappa shape index (κ2) is 14.2. The van der Waals surface area contributed by atoms with E-state index < -0.39 is 0 Å². The molecule has 3 atom stereocenters. The predicted molar refractivity (Wildman–Crippen MR) is 124 cm³/mol. The molecule has 1 aromatic carbocycles. The Morgan fingerprint density at radius 3 is 2.61 bits per heavy atom. The maximum Gasteiger partial charge on any atom is 0.305 e. The number of ether oxygens (including phenoxy) is 1. The van der Waals surface area contributed by atoms with Gasteiger partial charge in [-0.1, -0.05) is 50.1 Å². The lowest BCUT2D eigenvalue weighted by Gasteiger charge is -2.27. The van der Waals surface area contributed by atoms with E-state index in [9.17, 15) is 14.7 Å². The maximum absolute atomic E-state index is 12.3. The lowest BCUT2D eigenvalue weighted by molar-refractivity contribution is -0.140. The summed E-state index contributed by atoms with van der Waals surface area (Å²) in [5, 5.41) is 10.6. The summed E-state index contributed by atoms with van der Waals surface area (Å²) >= 11 is 0. The van der Waals surface area contributed by atoms with Gasteiger partial charge in [0.05, 0.1) is 13.2 Å². The number of aliphatic hydroxyl groups is 1. The van der Waals surface area contributed by atoms with Crippen molar-refractivity contribution < 1.29 is 19.4 Å². The maximum atomic E-state index is 12.3. The van der Waals surface area contributed by atoms with Crippen LogP contribution in [0.15, 0.2) is 30.3 Å². The second-order valence-corrected chi connectivity index (χ2v) is 9.02. The molecule has 1 N–H and O–H groups in total. The highest BCUT2D eigenvalue weighted by atomic mass is 16.5. The van der Waals surface area contributed by atoms with Crippen LogP contribution in [-0.4, -0.2) is 47.7 Å². The largest absolute Gasteiger partial charge is 0.469 e. The van der Waals surface area contributed by atoms with Crippen LogP contribution in [0.2, 0.25) is 0 Å². The average molecular weight is 432 g/mol. The van der Waals surface area contributed by atoms with Crippen molar-refractivity contribution in [1.82, 2.24) is 4.90 Å². The quantitative estimate of drug-likeness (QED) is 0.317. The van der Waals surface area contributed by atoms with Gasteiger partial charge in [-0.2, -0.15) is 0 Å². The average Bonchev–Trinajstić information content (AvgIpc) is 3.14. The third-order valence-corrected chi connectivity index (χ3v) is 6.63. The van der Waals surface area contributed by atoms with Gasteiger partial charge in [0.15, 0.2) is 0 Å². The smallest absolute Gasteiger partial charge is 0.305 e. The molecule has 1 amide bonds. The fraction of sp³-hybridized carbons (Fsp3) is 0.692. The first-order valence-electron chi connectivity index (χ1n) is 12.1. The molecular formula is C26H41NO4. The van der Waals surface area contributed by atoms with Gasteiger partial charge >= 0.3 is 5.97 Å². The summed E-state index contributed by atoms with van der Waals surface area (Å²) in [4.78, 5) is 25.5. The first-order valence-corrected chi connectivity index (χ1v) is 12.1. The van der Waals surface area contributed by atoms with Gasteiger partial charge in [-0.25, -0.2) is 0 Å². The van der Waals surface area contributed by atoms with E-state index in [1.807, 2.05) is 11.0 Å². The number of hydrogen-bond acceptors (Lipinski definition) is 4. The second-order valence-electron chi connectivity index (χ2n) is 9.02. The Kier molecular flexibility index (Phi) is 11.7. The number of unbranched alkanes of at least 4 members (excludes halogenated alkanes) is 3. The summed E-state index contributed by atoms with van der Waals surface area (Å²) in [5.41, 5.74) is 1.36. The number of carbonyl (C=O) groups is 2. The van der Waals surface area contributed by atoms with Gasteiger partial charge in [0.1, 0.15) is 0 Å². The zero-order valence-corrected chi connectivity index (χ0v) is 19.4. The monoisotopic (exact) mass is 431 g/mol. The molecule has 5 nitrogen and oxygen atoms in total. The van der Waals surface area contributed by atoms with Crippen LogP contribution in [0.25, 0.3) is 0 Å². The number of nitrogens with zero attached hydrogens (tertiary/aromatic N) is 1. The number of likely N-dealkylation sites (tertiary alicyclic amines) is 1. The molecule has 0 aliphatic carbocycles. The molecule has 174 valence electrons. The van der Waals surface area contributed by atoms with Gasteiger partial charge in [-0.15, -0.1) is 0 Å². The van der Waals surface area contributed by atoms with Gasteiger partial charge in [0, 0.05) is 25.4 Å². The molecule has 31 heavy (non-hydrogen) atoms. The van der Waals surface area contributed by atoms with Gasteiger partial charge in [0.25, 0.3) is 0 Å². The van der Waals surface area contributed by atoms with Crippen molar-refractivity contribution in [2.24, 2.45) is 5.92 Å². The highest BCUT2D eigenvalue weighted by Gasteiger charge is 2.30. The van der Waals surface area contributed by atoms with Crippen LogP contribution in [0.5, 0.6) is 0 Å². The summed E-state index contributed by atoms with van der Waals surface area (Å²) in [6.07, 6.45) is 10.4. The molecule has 1 aliphatic rings. The van der Waals surface area contributed by atoms with E-state index in [0.717, 1.165) is 70.8 Å². The summed E-state index contributed by atoms with van der Waals surface area (Å²) in [6, 6.07) is 10.8. The number of aliphatic hydroxyl groups excluding tert-OH is 1. The van der Waals surface area contributed by atoms with E-state index in [0.29, 0.717) is 12.8 Å². The molecular weight excluding hydrogens is 390 g/mol. The Hall–Kier alpha value is -1.88. The molecule has 1 aromatic rings. The van der Waals surface area contributed by atoms with Crippen LogP contribution in [0.3, 0.4) is 0 Å². The number of hydrogen-bond donors (Lipinski definition) is 1. The number of rotatable bonds is 15. The van der Waals surface area contributed by atoms with Crippen molar-refractivity contribution in [2.75, 3.05) is 13.7 Å². The summed E-state index contributed by atoms with van der Waals surface area (Å²) in [5.74, 6) is 0.386. The van der Waals surface area contributed by atoms with Crippen molar-refractivity contribution >= 4 is 11.9 Å². The lowest BCUT2D eigenvalue weighted by Crippen LogP contribution is -2.35. The van der Waals surface area contributed by atoms with Crippen molar-refractivity contribution in [3.8, 4) is 0 Å². The lowest BCUT2D eigenvalue weighted by atomic mass is 9.92. The molecule has 0 saturated carbocycles. The zero-order chi connectivity index (χ0) is 22.5. The molecule has 2 rings (SSSR count). The Balaban J connectivity index is 1.62. The Morgan fingerprint density at radius 2 is 1.87 bits per heavy atom. The number of benzene rings is 1. The summed E-state index contributed by atoms with van der Waals surface area (Å²) < 4.78 is 4.66. The third-order valence-electron chi connectivity index (χ3n) is 6.63. The minimum atomic E-state index is -0.299. The van der Waals surface area contributed by atoms with Crippen LogP contribution >= 0.6 is 0 Å². The topological polar surface area (TPSA) is 66.8 Å². The van der Waals surface area contributed by atoms with E-state index >= 15 is 0 Å². The van der Waals surface area contributed by atoms with Gasteiger partial charge in [0.2, 0.25) is 5.91 Å². The number of methoxy groups -OCH3 is 1. The van der Waals surface area contributed by atoms with Crippen LogP contribution in [0, 0.1) is 5.92 Å². The molecule has 1 aliphatic heterocycles. The predicted octanol–water partition coefficient (Wildman–Crippen LogP) is 4.90. The van der Waals surface area contributed by atoms with E-state index in [2.05, 4.69) is 35.9 Å². The number of aryl methyl sites for hydroxylation is 1. The van der Waals surface area contributed by atoms with E-state index in [4.69, 9.17) is 0 Å². The van der Waals surface area contributed by atoms with Crippen LogP contribution in [0.1, 0.15) is 83.1 Å². The number of carbonyl (C=O) groups excluding carboxylic acids is 2. The summed E-state index contributed by atoms with van der Waals surface area (Å²) in [7, 11) is 1.42. The van der Waals surface area contributed by atoms with Crippen molar-refractivity contribution in [1.29, 1.82) is 0 Å². The highest BCUT2D eigenvalue weighted by molar-refractivity contribution is 5.78. The van der Waals surface area contributed by atoms with Gasteiger partial charge in [-0.05, 0) is 62.8 Å².